The van der Waals surface area contributed by atoms with Gasteiger partial charge >= 0.3 is 6.03 Å². The van der Waals surface area contributed by atoms with E-state index in [4.69, 9.17) is 14.6 Å². The molecule has 0 unspecified atom stereocenters. The Morgan fingerprint density at radius 2 is 1.97 bits per heavy atom. The highest BCUT2D eigenvalue weighted by Crippen LogP contribution is 2.32. The standard InChI is InChI=1S/C26H31FN4O3/c1-3-24-23(18-30(26(32)28-4-2)17-22-11-8-16-33-22)25(34-21-14-12-19(27)13-15-21)31(29-24)20-9-6-5-7-10-20/h5-7,9-10,12-15,22H,3-4,8,11,16-18H2,1-2H3,(H,28,32)/t22-/m1/s1. The maximum Gasteiger partial charge on any atom is 0.317 e. The Kier molecular flexibility index (Phi) is 7.80. The highest BCUT2D eigenvalue weighted by atomic mass is 19.1. The van der Waals surface area contributed by atoms with Crippen molar-refractivity contribution in [3.8, 4) is 17.3 Å². The minimum atomic E-state index is -0.336. The predicted molar refractivity (Wildman–Crippen MR) is 128 cm³/mol. The normalized spacial score (nSPS) is 15.3. The van der Waals surface area contributed by atoms with Gasteiger partial charge in [-0.15, -0.1) is 0 Å². The van der Waals surface area contributed by atoms with Crippen molar-refractivity contribution in [3.63, 3.8) is 0 Å². The lowest BCUT2D eigenvalue weighted by atomic mass is 10.1. The third-order valence-corrected chi connectivity index (χ3v) is 5.80. The van der Waals surface area contributed by atoms with Crippen LogP contribution in [0, 0.1) is 5.82 Å². The summed E-state index contributed by atoms with van der Waals surface area (Å²) in [5.74, 6) is 0.666. The molecule has 0 saturated carbocycles. The van der Waals surface area contributed by atoms with Crippen molar-refractivity contribution in [2.24, 2.45) is 0 Å². The van der Waals surface area contributed by atoms with Gasteiger partial charge in [-0.25, -0.2) is 13.9 Å². The van der Waals surface area contributed by atoms with E-state index in [2.05, 4.69) is 5.32 Å². The second-order valence-electron chi connectivity index (χ2n) is 8.24. The third kappa shape index (κ3) is 5.56. The predicted octanol–water partition coefficient (Wildman–Crippen LogP) is 5.08. The van der Waals surface area contributed by atoms with Gasteiger partial charge in [-0.05, 0) is 62.6 Å². The first-order valence-electron chi connectivity index (χ1n) is 11.8. The van der Waals surface area contributed by atoms with Crippen LogP contribution in [0.1, 0.15) is 37.9 Å². The molecule has 4 rings (SSSR count). The van der Waals surface area contributed by atoms with Gasteiger partial charge in [-0.1, -0.05) is 25.1 Å². The Labute approximate surface area is 199 Å². The molecule has 1 atom stereocenters. The summed E-state index contributed by atoms with van der Waals surface area (Å²) in [6.07, 6.45) is 2.61. The van der Waals surface area contributed by atoms with Gasteiger partial charge in [0.05, 0.1) is 29.6 Å². The summed E-state index contributed by atoms with van der Waals surface area (Å²) in [7, 11) is 0. The van der Waals surface area contributed by atoms with Crippen molar-refractivity contribution < 1.29 is 18.7 Å². The van der Waals surface area contributed by atoms with Crippen LogP contribution in [0.25, 0.3) is 5.69 Å². The molecule has 0 bridgehead atoms. The maximum absolute atomic E-state index is 13.5. The smallest absolute Gasteiger partial charge is 0.317 e. The fraction of sp³-hybridized carbons (Fsp3) is 0.385. The Balaban J connectivity index is 1.74. The Morgan fingerprint density at radius 1 is 1.21 bits per heavy atom. The molecular formula is C26H31FN4O3. The van der Waals surface area contributed by atoms with E-state index in [1.54, 1.807) is 21.7 Å². The van der Waals surface area contributed by atoms with Gasteiger partial charge in [-0.3, -0.25) is 0 Å². The van der Waals surface area contributed by atoms with Crippen LogP contribution < -0.4 is 10.1 Å². The summed E-state index contributed by atoms with van der Waals surface area (Å²) in [6, 6.07) is 15.4. The lowest BCUT2D eigenvalue weighted by Gasteiger charge is -2.26. The molecule has 7 nitrogen and oxygen atoms in total. The largest absolute Gasteiger partial charge is 0.439 e. The minimum Gasteiger partial charge on any atom is -0.439 e. The van der Waals surface area contributed by atoms with Crippen LogP contribution in [0.5, 0.6) is 11.6 Å². The second kappa shape index (κ2) is 11.2. The van der Waals surface area contributed by atoms with Crippen molar-refractivity contribution in [3.05, 3.63) is 71.7 Å². The number of nitrogens with zero attached hydrogens (tertiary/aromatic N) is 3. The maximum atomic E-state index is 13.5. The number of nitrogens with one attached hydrogen (secondary N) is 1. The summed E-state index contributed by atoms with van der Waals surface area (Å²) in [6.45, 7) is 5.98. The van der Waals surface area contributed by atoms with E-state index >= 15 is 0 Å². The first-order valence-corrected chi connectivity index (χ1v) is 11.8. The van der Waals surface area contributed by atoms with Crippen LogP contribution in [0.2, 0.25) is 0 Å². The molecule has 2 heterocycles. The highest BCUT2D eigenvalue weighted by Gasteiger charge is 2.27. The zero-order valence-electron chi connectivity index (χ0n) is 19.7. The number of benzene rings is 2. The van der Waals surface area contributed by atoms with Gasteiger partial charge in [-0.2, -0.15) is 5.10 Å². The number of aromatic nitrogens is 2. The van der Waals surface area contributed by atoms with Gasteiger partial charge < -0.3 is 19.7 Å². The number of ether oxygens (including phenoxy) is 2. The number of hydrogen-bond donors (Lipinski definition) is 1. The Morgan fingerprint density at radius 3 is 2.62 bits per heavy atom. The van der Waals surface area contributed by atoms with Crippen molar-refractivity contribution in [2.45, 2.75) is 45.8 Å². The van der Waals surface area contributed by atoms with E-state index in [0.29, 0.717) is 37.7 Å². The molecule has 0 aliphatic carbocycles. The lowest BCUT2D eigenvalue weighted by Crippen LogP contribution is -2.43. The molecule has 1 fully saturated rings. The average Bonchev–Trinajstić information content (AvgIpc) is 3.49. The van der Waals surface area contributed by atoms with Gasteiger partial charge in [0.15, 0.2) is 0 Å². The molecule has 1 aliphatic heterocycles. The Bertz CT molecular complexity index is 1080. The van der Waals surface area contributed by atoms with E-state index in [1.807, 2.05) is 44.2 Å². The Hall–Kier alpha value is -3.39. The molecule has 0 spiro atoms. The van der Waals surface area contributed by atoms with E-state index in [0.717, 1.165) is 36.4 Å². The molecule has 180 valence electrons. The minimum absolute atomic E-state index is 0.0123. The van der Waals surface area contributed by atoms with Crippen molar-refractivity contribution in [1.82, 2.24) is 20.0 Å². The zero-order valence-corrected chi connectivity index (χ0v) is 19.7. The number of halogens is 1. The van der Waals surface area contributed by atoms with E-state index in [-0.39, 0.29) is 18.0 Å². The number of hydrogen-bond acceptors (Lipinski definition) is 4. The number of amides is 2. The fourth-order valence-corrected chi connectivity index (χ4v) is 4.09. The van der Waals surface area contributed by atoms with Gasteiger partial charge in [0.25, 0.3) is 0 Å². The molecule has 34 heavy (non-hydrogen) atoms. The number of aryl methyl sites for hydroxylation is 1. The fourth-order valence-electron chi connectivity index (χ4n) is 4.09. The summed E-state index contributed by atoms with van der Waals surface area (Å²) >= 11 is 0. The molecule has 0 radical (unpaired) electrons. The molecule has 1 N–H and O–H groups in total. The average molecular weight is 467 g/mol. The molecule has 1 aliphatic rings. The van der Waals surface area contributed by atoms with Crippen molar-refractivity contribution in [2.75, 3.05) is 19.7 Å². The van der Waals surface area contributed by atoms with Gasteiger partial charge in [0, 0.05) is 19.7 Å². The van der Waals surface area contributed by atoms with Crippen molar-refractivity contribution >= 4 is 6.03 Å². The first-order chi connectivity index (χ1) is 16.6. The second-order valence-corrected chi connectivity index (χ2v) is 8.24. The number of para-hydroxylation sites is 1. The molecule has 1 saturated heterocycles. The number of urea groups is 1. The quantitative estimate of drug-likeness (QED) is 0.478. The monoisotopic (exact) mass is 466 g/mol. The highest BCUT2D eigenvalue weighted by molar-refractivity contribution is 5.74. The topological polar surface area (TPSA) is 68.6 Å². The third-order valence-electron chi connectivity index (χ3n) is 5.80. The van der Waals surface area contributed by atoms with Gasteiger partial charge in [0.2, 0.25) is 5.88 Å². The van der Waals surface area contributed by atoms with Crippen LogP contribution in [0.4, 0.5) is 9.18 Å². The molecule has 2 aromatic carbocycles. The lowest BCUT2D eigenvalue weighted by molar-refractivity contribution is 0.0793. The molecule has 3 aromatic rings. The number of carbonyl (C=O) groups excluding carboxylic acids is 1. The van der Waals surface area contributed by atoms with E-state index in [9.17, 15) is 9.18 Å². The summed E-state index contributed by atoms with van der Waals surface area (Å²) in [5.41, 5.74) is 2.49. The summed E-state index contributed by atoms with van der Waals surface area (Å²) in [4.78, 5) is 14.7. The molecular weight excluding hydrogens is 435 g/mol. The van der Waals surface area contributed by atoms with Gasteiger partial charge in [0.1, 0.15) is 11.6 Å². The molecule has 8 heteroatoms. The number of carbonyl (C=O) groups is 1. The van der Waals surface area contributed by atoms with E-state index < -0.39 is 0 Å². The van der Waals surface area contributed by atoms with Crippen LogP contribution >= 0.6 is 0 Å². The zero-order chi connectivity index (χ0) is 23.9. The molecule has 1 aromatic heterocycles. The SMILES string of the molecule is CCNC(=O)N(Cc1c(CC)nn(-c2ccccc2)c1Oc1ccc(F)cc1)C[C@H]1CCCO1. The van der Waals surface area contributed by atoms with E-state index in [1.165, 1.54) is 12.1 Å². The van der Waals surface area contributed by atoms with Crippen LogP contribution in [0.3, 0.4) is 0 Å². The summed E-state index contributed by atoms with van der Waals surface area (Å²) in [5, 5.41) is 7.74. The summed E-state index contributed by atoms with van der Waals surface area (Å²) < 4.78 is 27.3. The van der Waals surface area contributed by atoms with Crippen LogP contribution in [0.15, 0.2) is 54.6 Å². The van der Waals surface area contributed by atoms with Crippen LogP contribution in [-0.2, 0) is 17.7 Å². The molecule has 2 amide bonds. The number of rotatable bonds is 9. The van der Waals surface area contributed by atoms with Crippen molar-refractivity contribution in [1.29, 1.82) is 0 Å². The first kappa shape index (κ1) is 23.8. The van der Waals surface area contributed by atoms with Crippen LogP contribution in [-0.4, -0.2) is 46.5 Å².